The molecule has 26 heavy (non-hydrogen) atoms. The van der Waals surface area contributed by atoms with Crippen LogP contribution in [0.5, 0.6) is 0 Å². The second kappa shape index (κ2) is 6.80. The molecule has 0 aliphatic heterocycles. The molecular weight excluding hydrogens is 326 g/mol. The molecule has 4 rings (SSSR count). The van der Waals surface area contributed by atoms with Crippen LogP contribution in [0.15, 0.2) is 66.9 Å². The van der Waals surface area contributed by atoms with Gasteiger partial charge in [-0.25, -0.2) is 9.78 Å². The number of hydrogen-bond acceptors (Lipinski definition) is 5. The first kappa shape index (κ1) is 16.0. The molecule has 128 valence electrons. The van der Waals surface area contributed by atoms with E-state index in [1.807, 2.05) is 54.6 Å². The van der Waals surface area contributed by atoms with Crippen LogP contribution in [-0.2, 0) is 4.74 Å². The number of nitrogens with zero attached hydrogens (tertiary/aromatic N) is 2. The summed E-state index contributed by atoms with van der Waals surface area (Å²) in [6.07, 6.45) is 1.72. The lowest BCUT2D eigenvalue weighted by molar-refractivity contribution is 0.0526. The fourth-order valence-corrected chi connectivity index (χ4v) is 2.83. The molecule has 0 spiro atoms. The van der Waals surface area contributed by atoms with Crippen molar-refractivity contribution >= 4 is 39.3 Å². The summed E-state index contributed by atoms with van der Waals surface area (Å²) in [5, 5.41) is 5.28. The first-order valence-electron chi connectivity index (χ1n) is 8.43. The van der Waals surface area contributed by atoms with E-state index in [0.717, 1.165) is 27.5 Å². The quantitative estimate of drug-likeness (QED) is 0.544. The second-order valence-electron chi connectivity index (χ2n) is 5.87. The minimum atomic E-state index is -0.303. The summed E-state index contributed by atoms with van der Waals surface area (Å²) in [5.41, 5.74) is 3.17. The molecular formula is C21H17N3O2. The number of ether oxygens (including phenoxy) is 1. The maximum Gasteiger partial charge on any atom is 0.338 e. The van der Waals surface area contributed by atoms with Crippen molar-refractivity contribution in [1.82, 2.24) is 9.97 Å². The molecule has 0 saturated carbocycles. The Labute approximate surface area is 150 Å². The van der Waals surface area contributed by atoms with Gasteiger partial charge in [-0.15, -0.1) is 0 Å². The number of carbonyl (C=O) groups excluding carboxylic acids is 1. The van der Waals surface area contributed by atoms with Crippen molar-refractivity contribution in [2.45, 2.75) is 6.92 Å². The van der Waals surface area contributed by atoms with E-state index in [1.165, 1.54) is 0 Å². The lowest BCUT2D eigenvalue weighted by Crippen LogP contribution is -2.04. The first-order chi connectivity index (χ1) is 12.7. The number of fused-ring (bicyclic) bond motifs is 2. The van der Waals surface area contributed by atoms with E-state index in [4.69, 9.17) is 4.74 Å². The predicted molar refractivity (Wildman–Crippen MR) is 103 cm³/mol. The highest BCUT2D eigenvalue weighted by molar-refractivity contribution is 5.96. The van der Waals surface area contributed by atoms with E-state index in [2.05, 4.69) is 15.3 Å². The van der Waals surface area contributed by atoms with E-state index >= 15 is 0 Å². The van der Waals surface area contributed by atoms with Gasteiger partial charge in [0.15, 0.2) is 0 Å². The maximum absolute atomic E-state index is 11.9. The minimum absolute atomic E-state index is 0.303. The number of rotatable bonds is 4. The molecule has 0 aliphatic rings. The van der Waals surface area contributed by atoms with Gasteiger partial charge in [-0.05, 0) is 54.1 Å². The summed E-state index contributed by atoms with van der Waals surface area (Å²) in [4.78, 5) is 20.8. The highest BCUT2D eigenvalue weighted by atomic mass is 16.5. The molecule has 3 aromatic carbocycles. The lowest BCUT2D eigenvalue weighted by Gasteiger charge is -2.08. The van der Waals surface area contributed by atoms with Crippen molar-refractivity contribution in [3.63, 3.8) is 0 Å². The molecule has 0 amide bonds. The molecule has 0 saturated heterocycles. The van der Waals surface area contributed by atoms with Gasteiger partial charge in [-0.3, -0.25) is 4.98 Å². The smallest absolute Gasteiger partial charge is 0.338 e. The van der Waals surface area contributed by atoms with Crippen LogP contribution in [0.1, 0.15) is 17.3 Å². The molecule has 0 bridgehead atoms. The summed E-state index contributed by atoms with van der Waals surface area (Å²) in [6.45, 7) is 2.17. The monoisotopic (exact) mass is 343 g/mol. The molecule has 0 atom stereocenters. The Morgan fingerprint density at radius 1 is 1.00 bits per heavy atom. The molecule has 5 nitrogen and oxygen atoms in total. The molecule has 5 heteroatoms. The van der Waals surface area contributed by atoms with Crippen LogP contribution in [0.3, 0.4) is 0 Å². The van der Waals surface area contributed by atoms with Crippen LogP contribution >= 0.6 is 0 Å². The summed E-state index contributed by atoms with van der Waals surface area (Å²) < 4.78 is 5.05. The molecule has 1 heterocycles. The Bertz CT molecular complexity index is 1110. The molecule has 0 radical (unpaired) electrons. The number of para-hydroxylation sites is 2. The molecule has 1 aromatic heterocycles. The summed E-state index contributed by atoms with van der Waals surface area (Å²) in [7, 11) is 0. The van der Waals surface area contributed by atoms with Crippen LogP contribution in [0, 0.1) is 0 Å². The molecule has 4 aromatic rings. The average molecular weight is 343 g/mol. The normalized spacial score (nSPS) is 10.8. The van der Waals surface area contributed by atoms with Crippen LogP contribution < -0.4 is 5.32 Å². The first-order valence-corrected chi connectivity index (χ1v) is 8.43. The number of aromatic nitrogens is 2. The Balaban J connectivity index is 1.62. The highest BCUT2D eigenvalue weighted by Crippen LogP contribution is 2.23. The third-order valence-corrected chi connectivity index (χ3v) is 4.07. The van der Waals surface area contributed by atoms with Crippen molar-refractivity contribution in [3.05, 3.63) is 72.4 Å². The molecule has 0 fully saturated rings. The molecule has 0 aliphatic carbocycles. The summed E-state index contributed by atoms with van der Waals surface area (Å²) in [5.74, 6) is 0.384. The zero-order valence-electron chi connectivity index (χ0n) is 14.3. The minimum Gasteiger partial charge on any atom is -0.462 e. The van der Waals surface area contributed by atoms with Crippen LogP contribution in [-0.4, -0.2) is 22.5 Å². The van der Waals surface area contributed by atoms with E-state index in [-0.39, 0.29) is 5.97 Å². The summed E-state index contributed by atoms with van der Waals surface area (Å²) in [6, 6.07) is 19.2. The average Bonchev–Trinajstić information content (AvgIpc) is 2.67. The van der Waals surface area contributed by atoms with Gasteiger partial charge in [-0.2, -0.15) is 0 Å². The second-order valence-corrected chi connectivity index (χ2v) is 5.87. The van der Waals surface area contributed by atoms with E-state index < -0.39 is 0 Å². The molecule has 0 unspecified atom stereocenters. The van der Waals surface area contributed by atoms with Gasteiger partial charge in [-0.1, -0.05) is 24.3 Å². The fraction of sp³-hybridized carbons (Fsp3) is 0.0952. The number of hydrogen-bond donors (Lipinski definition) is 1. The largest absolute Gasteiger partial charge is 0.462 e. The number of anilines is 2. The number of esters is 1. The SMILES string of the molecule is CCOC(=O)c1ccc2cc(Nc3cnc4ccccc4n3)ccc2c1. The number of nitrogens with one attached hydrogen (secondary N) is 1. The van der Waals surface area contributed by atoms with Gasteiger partial charge in [0.25, 0.3) is 0 Å². The van der Waals surface area contributed by atoms with Crippen molar-refractivity contribution in [3.8, 4) is 0 Å². The van der Waals surface area contributed by atoms with Gasteiger partial charge in [0.2, 0.25) is 0 Å². The number of benzene rings is 3. The Morgan fingerprint density at radius 3 is 2.62 bits per heavy atom. The third-order valence-electron chi connectivity index (χ3n) is 4.07. The Kier molecular flexibility index (Phi) is 4.19. The molecule has 1 N–H and O–H groups in total. The van der Waals surface area contributed by atoms with Gasteiger partial charge in [0.1, 0.15) is 5.82 Å². The van der Waals surface area contributed by atoms with Gasteiger partial charge in [0, 0.05) is 5.69 Å². The van der Waals surface area contributed by atoms with E-state index in [0.29, 0.717) is 18.0 Å². The zero-order chi connectivity index (χ0) is 17.9. The van der Waals surface area contributed by atoms with Crippen LogP contribution in [0.2, 0.25) is 0 Å². The standard InChI is InChI=1S/C21H17N3O2/c1-2-26-21(25)16-8-7-15-12-17(10-9-14(15)11-16)23-20-13-22-18-5-3-4-6-19(18)24-20/h3-13H,2H2,1H3,(H,23,24). The Hall–Kier alpha value is -3.47. The fourth-order valence-electron chi connectivity index (χ4n) is 2.83. The van der Waals surface area contributed by atoms with Crippen LogP contribution in [0.4, 0.5) is 11.5 Å². The van der Waals surface area contributed by atoms with Gasteiger partial charge < -0.3 is 10.1 Å². The van der Waals surface area contributed by atoms with E-state index in [9.17, 15) is 4.79 Å². The van der Waals surface area contributed by atoms with Crippen molar-refractivity contribution < 1.29 is 9.53 Å². The topological polar surface area (TPSA) is 64.1 Å². The number of carbonyl (C=O) groups is 1. The predicted octanol–water partition coefficient (Wildman–Crippen LogP) is 4.70. The maximum atomic E-state index is 11.9. The lowest BCUT2D eigenvalue weighted by atomic mass is 10.1. The van der Waals surface area contributed by atoms with E-state index in [1.54, 1.807) is 19.2 Å². The summed E-state index contributed by atoms with van der Waals surface area (Å²) >= 11 is 0. The van der Waals surface area contributed by atoms with Gasteiger partial charge in [0.05, 0.1) is 29.4 Å². The van der Waals surface area contributed by atoms with Crippen molar-refractivity contribution in [2.24, 2.45) is 0 Å². The van der Waals surface area contributed by atoms with Crippen molar-refractivity contribution in [2.75, 3.05) is 11.9 Å². The van der Waals surface area contributed by atoms with Crippen molar-refractivity contribution in [1.29, 1.82) is 0 Å². The zero-order valence-corrected chi connectivity index (χ0v) is 14.3. The van der Waals surface area contributed by atoms with Crippen LogP contribution in [0.25, 0.3) is 21.8 Å². The van der Waals surface area contributed by atoms with Gasteiger partial charge >= 0.3 is 5.97 Å². The third kappa shape index (κ3) is 3.19. The highest BCUT2D eigenvalue weighted by Gasteiger charge is 2.07. The Morgan fingerprint density at radius 2 is 1.77 bits per heavy atom.